The zero-order valence-corrected chi connectivity index (χ0v) is 13.4. The quantitative estimate of drug-likeness (QED) is 0.833. The van der Waals surface area contributed by atoms with Crippen LogP contribution < -0.4 is 4.90 Å². The van der Waals surface area contributed by atoms with E-state index in [1.54, 1.807) is 22.7 Å². The van der Waals surface area contributed by atoms with Crippen molar-refractivity contribution in [1.29, 1.82) is 0 Å². The van der Waals surface area contributed by atoms with Crippen molar-refractivity contribution in [1.82, 2.24) is 9.21 Å². The van der Waals surface area contributed by atoms with Gasteiger partial charge >= 0.3 is 0 Å². The summed E-state index contributed by atoms with van der Waals surface area (Å²) in [6.45, 7) is 3.19. The van der Waals surface area contributed by atoms with Crippen LogP contribution in [-0.4, -0.2) is 63.7 Å². The number of piperazine rings is 1. The van der Waals surface area contributed by atoms with Crippen molar-refractivity contribution in [2.75, 3.05) is 44.8 Å². The maximum Gasteiger partial charge on any atom is 0.243 e. The van der Waals surface area contributed by atoms with Crippen LogP contribution in [-0.2, 0) is 10.0 Å². The Morgan fingerprint density at radius 3 is 2.32 bits per heavy atom. The monoisotopic (exact) mass is 320 g/mol. The average molecular weight is 320 g/mol. The number of nitrogens with zero attached hydrogens (tertiary/aromatic N) is 4. The average Bonchev–Trinajstić information content (AvgIpc) is 2.56. The van der Waals surface area contributed by atoms with Gasteiger partial charge in [0.1, 0.15) is 6.67 Å². The predicted molar refractivity (Wildman–Crippen MR) is 87.7 cm³/mol. The first-order chi connectivity index (χ1) is 10.6. The second kappa shape index (κ2) is 6.20. The van der Waals surface area contributed by atoms with Crippen LogP contribution in [0.25, 0.3) is 0 Å². The molecule has 0 N–H and O–H groups in total. The van der Waals surface area contributed by atoms with E-state index in [-0.39, 0.29) is 0 Å². The summed E-state index contributed by atoms with van der Waals surface area (Å²) in [7, 11) is -1.39. The standard InChI is InChI=1S/C15H20N4O2S/c1-17-9-11-19(12-10-17)22(20,21)15-5-3-14(4-6-15)18-8-2-7-16-13-18/h2-8H,9-13H2,1H3. The van der Waals surface area contributed by atoms with Crippen LogP contribution >= 0.6 is 0 Å². The Bertz CT molecular complexity index is 674. The van der Waals surface area contributed by atoms with Gasteiger partial charge in [-0.15, -0.1) is 0 Å². The van der Waals surface area contributed by atoms with Gasteiger partial charge in [0.15, 0.2) is 0 Å². The second-order valence-corrected chi connectivity index (χ2v) is 7.42. The van der Waals surface area contributed by atoms with Crippen molar-refractivity contribution < 1.29 is 8.42 Å². The Balaban J connectivity index is 1.77. The van der Waals surface area contributed by atoms with Gasteiger partial charge in [0.2, 0.25) is 10.0 Å². The molecule has 0 saturated carbocycles. The molecule has 0 spiro atoms. The van der Waals surface area contributed by atoms with Crippen LogP contribution in [0.4, 0.5) is 5.69 Å². The molecule has 22 heavy (non-hydrogen) atoms. The van der Waals surface area contributed by atoms with E-state index in [1.165, 1.54) is 0 Å². The maximum atomic E-state index is 12.6. The highest BCUT2D eigenvalue weighted by molar-refractivity contribution is 7.89. The molecule has 2 aliphatic rings. The molecule has 0 aliphatic carbocycles. The molecule has 2 aliphatic heterocycles. The van der Waals surface area contributed by atoms with Crippen LogP contribution in [0, 0.1) is 0 Å². The molecule has 0 bridgehead atoms. The maximum absolute atomic E-state index is 12.6. The van der Waals surface area contributed by atoms with Gasteiger partial charge in [-0.2, -0.15) is 4.31 Å². The minimum absolute atomic E-state index is 0.352. The van der Waals surface area contributed by atoms with Crippen molar-refractivity contribution in [3.63, 3.8) is 0 Å². The van der Waals surface area contributed by atoms with E-state index < -0.39 is 10.0 Å². The lowest BCUT2D eigenvalue weighted by atomic mass is 10.3. The van der Waals surface area contributed by atoms with Gasteiger partial charge in [-0.1, -0.05) is 0 Å². The van der Waals surface area contributed by atoms with E-state index in [0.717, 1.165) is 18.8 Å². The summed E-state index contributed by atoms with van der Waals surface area (Å²) in [6, 6.07) is 7.01. The van der Waals surface area contributed by atoms with Crippen LogP contribution in [0.3, 0.4) is 0 Å². The number of hydrogen-bond donors (Lipinski definition) is 0. The third kappa shape index (κ3) is 3.06. The van der Waals surface area contributed by atoms with Crippen LogP contribution in [0.2, 0.25) is 0 Å². The Kier molecular flexibility index (Phi) is 4.28. The van der Waals surface area contributed by atoms with Crippen molar-refractivity contribution in [3.05, 3.63) is 36.5 Å². The molecule has 118 valence electrons. The number of allylic oxidation sites excluding steroid dienone is 1. The zero-order valence-electron chi connectivity index (χ0n) is 12.6. The molecule has 1 saturated heterocycles. The van der Waals surface area contributed by atoms with Gasteiger partial charge in [-0.3, -0.25) is 4.99 Å². The third-order valence-electron chi connectivity index (χ3n) is 3.96. The van der Waals surface area contributed by atoms with Crippen LogP contribution in [0.1, 0.15) is 0 Å². The topological polar surface area (TPSA) is 56.2 Å². The first kappa shape index (κ1) is 15.2. The molecule has 0 unspecified atom stereocenters. The third-order valence-corrected chi connectivity index (χ3v) is 5.87. The molecule has 3 rings (SSSR count). The summed E-state index contributed by atoms with van der Waals surface area (Å²) in [5.74, 6) is 0. The lowest BCUT2D eigenvalue weighted by Crippen LogP contribution is -2.46. The molecule has 0 amide bonds. The summed E-state index contributed by atoms with van der Waals surface area (Å²) in [5, 5.41) is 0. The summed E-state index contributed by atoms with van der Waals surface area (Å²) in [6.07, 6.45) is 5.54. The number of aliphatic imine (C=N–C) groups is 1. The Labute approximate surface area is 131 Å². The van der Waals surface area contributed by atoms with Crippen molar-refractivity contribution >= 4 is 21.9 Å². The normalized spacial score (nSPS) is 20.5. The molecular weight excluding hydrogens is 300 g/mol. The van der Waals surface area contributed by atoms with Gasteiger partial charge in [0.25, 0.3) is 0 Å². The summed E-state index contributed by atoms with van der Waals surface area (Å²) in [5.41, 5.74) is 0.936. The lowest BCUT2D eigenvalue weighted by molar-refractivity contribution is 0.222. The molecular formula is C15H20N4O2S. The van der Waals surface area contributed by atoms with Crippen LogP contribution in [0.5, 0.6) is 0 Å². The molecule has 1 fully saturated rings. The number of likely N-dealkylation sites (N-methyl/N-ethyl adjacent to an activating group) is 1. The summed E-state index contributed by atoms with van der Waals surface area (Å²) >= 11 is 0. The largest absolute Gasteiger partial charge is 0.328 e. The highest BCUT2D eigenvalue weighted by atomic mass is 32.2. The Morgan fingerprint density at radius 1 is 1.05 bits per heavy atom. The summed E-state index contributed by atoms with van der Waals surface area (Å²) in [4.78, 5) is 8.62. The fraction of sp³-hybridized carbons (Fsp3) is 0.400. The van der Waals surface area contributed by atoms with E-state index >= 15 is 0 Å². The second-order valence-electron chi connectivity index (χ2n) is 5.49. The fourth-order valence-corrected chi connectivity index (χ4v) is 3.96. The molecule has 2 heterocycles. The highest BCUT2D eigenvalue weighted by Gasteiger charge is 2.27. The SMILES string of the molecule is CN1CCN(S(=O)(=O)c2ccc(N3C=CC=NC3)cc2)CC1. The lowest BCUT2D eigenvalue weighted by Gasteiger charge is -2.31. The number of hydrogen-bond acceptors (Lipinski definition) is 5. The zero-order chi connectivity index (χ0) is 15.6. The van der Waals surface area contributed by atoms with E-state index in [0.29, 0.717) is 24.7 Å². The van der Waals surface area contributed by atoms with Gasteiger partial charge < -0.3 is 9.80 Å². The van der Waals surface area contributed by atoms with E-state index in [9.17, 15) is 8.42 Å². The molecule has 1 aromatic carbocycles. The Morgan fingerprint density at radius 2 is 1.73 bits per heavy atom. The predicted octanol–water partition coefficient (Wildman–Crippen LogP) is 0.985. The molecule has 7 heteroatoms. The van der Waals surface area contributed by atoms with E-state index in [2.05, 4.69) is 9.89 Å². The summed E-state index contributed by atoms with van der Waals surface area (Å²) < 4.78 is 26.8. The highest BCUT2D eigenvalue weighted by Crippen LogP contribution is 2.22. The molecule has 0 radical (unpaired) electrons. The first-order valence-corrected chi connectivity index (χ1v) is 8.73. The minimum atomic E-state index is -3.39. The molecule has 1 aromatic rings. The number of rotatable bonds is 3. The van der Waals surface area contributed by atoms with Gasteiger partial charge in [-0.05, 0) is 37.4 Å². The fourth-order valence-electron chi connectivity index (χ4n) is 2.54. The van der Waals surface area contributed by atoms with Gasteiger partial charge in [0, 0.05) is 44.3 Å². The number of benzene rings is 1. The van der Waals surface area contributed by atoms with Gasteiger partial charge in [0.05, 0.1) is 4.90 Å². The number of anilines is 1. The van der Waals surface area contributed by atoms with Crippen molar-refractivity contribution in [2.45, 2.75) is 4.90 Å². The minimum Gasteiger partial charge on any atom is -0.328 e. The Hall–Kier alpha value is -1.70. The van der Waals surface area contributed by atoms with Crippen molar-refractivity contribution in [3.8, 4) is 0 Å². The van der Waals surface area contributed by atoms with E-state index in [1.807, 2.05) is 36.4 Å². The van der Waals surface area contributed by atoms with Crippen molar-refractivity contribution in [2.24, 2.45) is 4.99 Å². The first-order valence-electron chi connectivity index (χ1n) is 7.29. The molecule has 6 nitrogen and oxygen atoms in total. The molecule has 0 aromatic heterocycles. The van der Waals surface area contributed by atoms with Crippen LogP contribution in [0.15, 0.2) is 46.4 Å². The number of sulfonamides is 1. The van der Waals surface area contributed by atoms with E-state index in [4.69, 9.17) is 0 Å². The molecule has 0 atom stereocenters. The van der Waals surface area contributed by atoms with Gasteiger partial charge in [-0.25, -0.2) is 8.42 Å². The smallest absolute Gasteiger partial charge is 0.243 e.